The molecule has 202 valence electrons. The number of fused-ring (bicyclic) bond motifs is 2. The molecule has 4 heterocycles. The Bertz CT molecular complexity index is 2100. The van der Waals surface area contributed by atoms with E-state index in [9.17, 15) is 9.59 Å². The fourth-order valence-corrected chi connectivity index (χ4v) is 5.99. The van der Waals surface area contributed by atoms with E-state index in [0.717, 1.165) is 62.7 Å². The molecule has 0 saturated heterocycles. The third-order valence-electron chi connectivity index (χ3n) is 7.16. The van der Waals surface area contributed by atoms with E-state index in [1.54, 1.807) is 0 Å². The molecule has 0 N–H and O–H groups in total. The molecule has 7 rings (SSSR count). The fraction of sp³-hybridized carbons (Fsp3) is 0.156. The number of benzene rings is 3. The summed E-state index contributed by atoms with van der Waals surface area (Å²) in [5.74, 6) is 0.893. The molecule has 6 aromatic rings. The minimum Gasteiger partial charge on any atom is -0.490 e. The van der Waals surface area contributed by atoms with Crippen LogP contribution in [0.3, 0.4) is 0 Å². The van der Waals surface area contributed by atoms with Crippen molar-refractivity contribution in [1.82, 2.24) is 24.4 Å². The number of para-hydroxylation sites is 1. The van der Waals surface area contributed by atoms with Gasteiger partial charge in [-0.3, -0.25) is 9.59 Å². The van der Waals surface area contributed by atoms with Crippen molar-refractivity contribution in [2.24, 2.45) is 0 Å². The van der Waals surface area contributed by atoms with Crippen LogP contribution in [0.2, 0.25) is 0 Å². The van der Waals surface area contributed by atoms with Crippen molar-refractivity contribution in [3.63, 3.8) is 0 Å². The Labute approximate surface area is 238 Å². The van der Waals surface area contributed by atoms with Crippen LogP contribution in [0, 0.1) is 6.92 Å². The van der Waals surface area contributed by atoms with Gasteiger partial charge >= 0.3 is 0 Å². The third-order valence-corrected chi connectivity index (χ3v) is 8.12. The molecule has 0 radical (unpaired) electrons. The minimum absolute atomic E-state index is 0.133. The molecule has 1 atom stereocenters. The van der Waals surface area contributed by atoms with Crippen LogP contribution in [-0.2, 0) is 12.8 Å². The van der Waals surface area contributed by atoms with Gasteiger partial charge < -0.3 is 4.74 Å². The van der Waals surface area contributed by atoms with Crippen LogP contribution in [0.1, 0.15) is 34.9 Å². The average molecular weight is 560 g/mol. The zero-order chi connectivity index (χ0) is 28.1. The summed E-state index contributed by atoms with van der Waals surface area (Å²) in [6, 6.07) is 23.8. The number of ether oxygens (including phenoxy) is 1. The van der Waals surface area contributed by atoms with E-state index < -0.39 is 5.56 Å². The lowest BCUT2D eigenvalue weighted by molar-refractivity contribution is 0.254. The van der Waals surface area contributed by atoms with Crippen molar-refractivity contribution in [1.29, 1.82) is 0 Å². The van der Waals surface area contributed by atoms with Crippen molar-refractivity contribution in [3.8, 4) is 22.7 Å². The Balaban J connectivity index is 1.35. The maximum Gasteiger partial charge on any atom is 0.296 e. The molecule has 0 aliphatic carbocycles. The maximum absolute atomic E-state index is 13.5. The third kappa shape index (κ3) is 4.74. The van der Waals surface area contributed by atoms with Crippen LogP contribution >= 0.6 is 11.3 Å². The van der Waals surface area contributed by atoms with Gasteiger partial charge in [-0.15, -0.1) is 0 Å². The number of aryl methyl sites for hydroxylation is 1. The molecule has 0 spiro atoms. The molecule has 9 heteroatoms. The monoisotopic (exact) mass is 559 g/mol. The van der Waals surface area contributed by atoms with E-state index in [0.29, 0.717) is 11.0 Å². The summed E-state index contributed by atoms with van der Waals surface area (Å²) in [5.41, 5.74) is 6.03. The zero-order valence-corrected chi connectivity index (χ0v) is 23.3. The van der Waals surface area contributed by atoms with Gasteiger partial charge in [0.25, 0.3) is 11.1 Å². The number of thiazole rings is 1. The summed E-state index contributed by atoms with van der Waals surface area (Å²) in [5, 5.41) is 9.33. The number of nitrogens with zero attached hydrogens (tertiary/aromatic N) is 5. The van der Waals surface area contributed by atoms with Crippen LogP contribution in [0.5, 0.6) is 5.75 Å². The van der Waals surface area contributed by atoms with Gasteiger partial charge in [0.1, 0.15) is 23.2 Å². The lowest BCUT2D eigenvalue weighted by atomic mass is 10.0. The lowest BCUT2D eigenvalue weighted by Gasteiger charge is -2.04. The second-order valence-electron chi connectivity index (χ2n) is 10.3. The SMILES string of the molecule is Cc1ccc(Cc2nn3c(=O)/c(=C/c4cn(-c5ccccc5)nc4-c4ccc5c(c4)C[C@H](C)O5)sc3nc2=O)cc1. The highest BCUT2D eigenvalue weighted by Crippen LogP contribution is 2.34. The van der Waals surface area contributed by atoms with E-state index in [4.69, 9.17) is 9.84 Å². The van der Waals surface area contributed by atoms with Crippen LogP contribution in [0.15, 0.2) is 88.6 Å². The van der Waals surface area contributed by atoms with Gasteiger partial charge in [-0.25, -0.2) is 4.68 Å². The summed E-state index contributed by atoms with van der Waals surface area (Å²) >= 11 is 1.14. The predicted molar refractivity (Wildman–Crippen MR) is 159 cm³/mol. The van der Waals surface area contributed by atoms with Gasteiger partial charge in [0.05, 0.1) is 10.2 Å². The highest BCUT2D eigenvalue weighted by molar-refractivity contribution is 7.15. The van der Waals surface area contributed by atoms with Crippen molar-refractivity contribution >= 4 is 22.4 Å². The van der Waals surface area contributed by atoms with Crippen molar-refractivity contribution < 1.29 is 4.74 Å². The highest BCUT2D eigenvalue weighted by atomic mass is 32.1. The summed E-state index contributed by atoms with van der Waals surface area (Å²) in [6.07, 6.45) is 4.99. The molecular weight excluding hydrogens is 534 g/mol. The van der Waals surface area contributed by atoms with Gasteiger partial charge in [-0.1, -0.05) is 59.4 Å². The normalized spacial score (nSPS) is 14.9. The van der Waals surface area contributed by atoms with Crippen molar-refractivity contribution in [2.45, 2.75) is 32.8 Å². The highest BCUT2D eigenvalue weighted by Gasteiger charge is 2.21. The van der Waals surface area contributed by atoms with Crippen LogP contribution < -0.4 is 20.4 Å². The van der Waals surface area contributed by atoms with E-state index in [-0.39, 0.29) is 22.3 Å². The summed E-state index contributed by atoms with van der Waals surface area (Å²) < 4.78 is 9.36. The number of aromatic nitrogens is 5. The van der Waals surface area contributed by atoms with Gasteiger partial charge in [-0.05, 0) is 61.4 Å². The van der Waals surface area contributed by atoms with E-state index in [1.165, 1.54) is 4.52 Å². The van der Waals surface area contributed by atoms with Gasteiger partial charge in [0, 0.05) is 30.2 Å². The molecule has 3 aromatic heterocycles. The Morgan fingerprint density at radius 2 is 1.83 bits per heavy atom. The quantitative estimate of drug-likeness (QED) is 0.316. The first-order chi connectivity index (χ1) is 19.9. The Kier molecular flexibility index (Phi) is 6.09. The molecule has 1 aliphatic heterocycles. The topological polar surface area (TPSA) is 91.4 Å². The van der Waals surface area contributed by atoms with Gasteiger partial charge in [0.15, 0.2) is 0 Å². The Morgan fingerprint density at radius 1 is 1.02 bits per heavy atom. The Hall–Kier alpha value is -4.89. The standard InChI is InChI=1S/C32H25N5O3S/c1-19-8-10-21(11-9-19)15-26-30(38)33-32-37(34-26)31(39)28(41-32)17-24-18-36(25-6-4-3-5-7-25)35-29(24)22-12-13-27-23(16-22)14-20(2)40-27/h3-13,16-18,20H,14-15H2,1-2H3/b28-17-/t20-/m0/s1. The van der Waals surface area contributed by atoms with E-state index in [2.05, 4.69) is 23.1 Å². The molecule has 41 heavy (non-hydrogen) atoms. The summed E-state index contributed by atoms with van der Waals surface area (Å²) in [6.45, 7) is 4.06. The largest absolute Gasteiger partial charge is 0.490 e. The molecule has 0 bridgehead atoms. The smallest absolute Gasteiger partial charge is 0.296 e. The predicted octanol–water partition coefficient (Wildman–Crippen LogP) is 4.13. The summed E-state index contributed by atoms with van der Waals surface area (Å²) in [4.78, 5) is 30.7. The molecule has 0 amide bonds. The molecule has 0 saturated carbocycles. The van der Waals surface area contributed by atoms with Gasteiger partial charge in [0.2, 0.25) is 4.96 Å². The number of rotatable bonds is 5. The van der Waals surface area contributed by atoms with Crippen LogP contribution in [0.25, 0.3) is 28.0 Å². The Morgan fingerprint density at radius 3 is 2.63 bits per heavy atom. The number of hydrogen-bond donors (Lipinski definition) is 0. The fourth-order valence-electron chi connectivity index (χ4n) is 5.09. The molecular formula is C32H25N5O3S. The lowest BCUT2D eigenvalue weighted by Crippen LogP contribution is -2.28. The van der Waals surface area contributed by atoms with Crippen molar-refractivity contribution in [3.05, 3.63) is 132 Å². The molecule has 3 aromatic carbocycles. The first-order valence-corrected chi connectivity index (χ1v) is 14.2. The second-order valence-corrected chi connectivity index (χ2v) is 11.3. The molecule has 0 fully saturated rings. The van der Waals surface area contributed by atoms with Crippen LogP contribution in [0.4, 0.5) is 0 Å². The zero-order valence-electron chi connectivity index (χ0n) is 22.4. The first kappa shape index (κ1) is 25.1. The molecule has 8 nitrogen and oxygen atoms in total. The molecule has 0 unspecified atom stereocenters. The van der Waals surface area contributed by atoms with E-state index >= 15 is 0 Å². The number of hydrogen-bond acceptors (Lipinski definition) is 7. The summed E-state index contributed by atoms with van der Waals surface area (Å²) in [7, 11) is 0. The second kappa shape index (κ2) is 9.94. The minimum atomic E-state index is -0.425. The van der Waals surface area contributed by atoms with Crippen LogP contribution in [-0.4, -0.2) is 30.5 Å². The van der Waals surface area contributed by atoms with Crippen molar-refractivity contribution in [2.75, 3.05) is 0 Å². The average Bonchev–Trinajstić information content (AvgIpc) is 3.65. The molecule has 1 aliphatic rings. The van der Waals surface area contributed by atoms with Gasteiger partial charge in [-0.2, -0.15) is 19.7 Å². The maximum atomic E-state index is 13.5. The first-order valence-electron chi connectivity index (χ1n) is 13.4. The van der Waals surface area contributed by atoms with E-state index in [1.807, 2.05) is 90.6 Å².